The second-order valence-corrected chi connectivity index (χ2v) is 7.64. The van der Waals surface area contributed by atoms with Crippen LogP contribution in [-0.4, -0.2) is 40.3 Å². The topological polar surface area (TPSA) is 131 Å². The summed E-state index contributed by atoms with van der Waals surface area (Å²) >= 11 is 0.925. The molecule has 0 saturated heterocycles. The summed E-state index contributed by atoms with van der Waals surface area (Å²) in [6.07, 6.45) is 0.944. The molecule has 0 fully saturated rings. The zero-order chi connectivity index (χ0) is 20.4. The van der Waals surface area contributed by atoms with Gasteiger partial charge in [-0.05, 0) is 58.0 Å². The van der Waals surface area contributed by atoms with Gasteiger partial charge in [-0.1, -0.05) is 12.1 Å². The molecule has 0 aliphatic rings. The van der Waals surface area contributed by atoms with Crippen molar-refractivity contribution in [2.75, 3.05) is 6.54 Å². The maximum Gasteiger partial charge on any atom is 0.407 e. The minimum Gasteiger partial charge on any atom is -0.480 e. The number of alkyl carbamates (subject to hydrolysis) is 1. The minimum absolute atomic E-state index is 0.0827. The number of hydrogen-bond donors (Lipinski definition) is 3. The highest BCUT2D eigenvalue weighted by atomic mass is 32.2. The van der Waals surface area contributed by atoms with Crippen molar-refractivity contribution in [3.63, 3.8) is 0 Å². The third-order valence-corrected chi connectivity index (χ3v) is 4.23. The van der Waals surface area contributed by atoms with Gasteiger partial charge in [-0.3, -0.25) is 14.9 Å². The van der Waals surface area contributed by atoms with E-state index in [1.807, 2.05) is 0 Å². The van der Waals surface area contributed by atoms with Gasteiger partial charge in [0.1, 0.15) is 16.5 Å². The monoisotopic (exact) mass is 399 g/mol. The Kier molecular flexibility index (Phi) is 9.03. The number of rotatable bonds is 10. The zero-order valence-electron chi connectivity index (χ0n) is 15.6. The van der Waals surface area contributed by atoms with Gasteiger partial charge in [0.2, 0.25) is 0 Å². The second kappa shape index (κ2) is 10.7. The summed E-state index contributed by atoms with van der Waals surface area (Å²) in [5.41, 5.74) is -0.652. The van der Waals surface area contributed by atoms with Gasteiger partial charge >= 0.3 is 12.1 Å². The Hall–Kier alpha value is -2.33. The number of nitrogens with zero attached hydrogens (tertiary/aromatic N) is 1. The van der Waals surface area contributed by atoms with Crippen LogP contribution in [-0.2, 0) is 9.53 Å². The molecule has 0 saturated carbocycles. The fourth-order valence-electron chi connectivity index (χ4n) is 2.04. The molecule has 0 heterocycles. The Bertz CT molecular complexity index is 662. The molecule has 0 bridgehead atoms. The Morgan fingerprint density at radius 2 is 1.96 bits per heavy atom. The Labute approximate surface area is 162 Å². The predicted octanol–water partition coefficient (Wildman–Crippen LogP) is 3.34. The van der Waals surface area contributed by atoms with Crippen molar-refractivity contribution in [2.24, 2.45) is 0 Å². The number of amides is 1. The van der Waals surface area contributed by atoms with Crippen molar-refractivity contribution in [3.05, 3.63) is 34.4 Å². The number of carboxylic acid groups (broad SMARTS) is 1. The van der Waals surface area contributed by atoms with E-state index in [0.29, 0.717) is 30.7 Å². The van der Waals surface area contributed by atoms with Crippen LogP contribution >= 0.6 is 11.9 Å². The molecule has 1 rings (SSSR count). The van der Waals surface area contributed by atoms with E-state index < -0.39 is 28.6 Å². The quantitative estimate of drug-likeness (QED) is 0.236. The van der Waals surface area contributed by atoms with Crippen molar-refractivity contribution in [1.82, 2.24) is 10.0 Å². The lowest BCUT2D eigenvalue weighted by Crippen LogP contribution is -2.34. The summed E-state index contributed by atoms with van der Waals surface area (Å²) in [6.45, 7) is 5.68. The summed E-state index contributed by atoms with van der Waals surface area (Å²) in [4.78, 5) is 33.7. The number of para-hydroxylation sites is 1. The van der Waals surface area contributed by atoms with E-state index in [9.17, 15) is 24.8 Å². The van der Waals surface area contributed by atoms with Crippen molar-refractivity contribution >= 4 is 29.7 Å². The highest BCUT2D eigenvalue weighted by molar-refractivity contribution is 7.97. The number of aliphatic carboxylic acids is 1. The van der Waals surface area contributed by atoms with Crippen LogP contribution in [0.15, 0.2) is 29.2 Å². The van der Waals surface area contributed by atoms with Crippen LogP contribution in [0.25, 0.3) is 0 Å². The maximum absolute atomic E-state index is 11.5. The number of nitro benzene ring substituents is 1. The molecule has 0 aliphatic carbocycles. The molecule has 150 valence electrons. The number of ether oxygens (including phenoxy) is 1. The number of nitro groups is 1. The highest BCUT2D eigenvalue weighted by Gasteiger charge is 2.20. The van der Waals surface area contributed by atoms with Gasteiger partial charge in [-0.2, -0.15) is 0 Å². The first-order valence-electron chi connectivity index (χ1n) is 8.45. The standard InChI is InChI=1S/C17H25N3O6S/c1-17(2,3)26-16(23)18-11-7-6-8-12(15(21)22)19-27-14-10-5-4-9-13(14)20(24)25/h4-5,9-10,12,19H,6-8,11H2,1-3H3,(H,18,23)(H,21,22)/t12-/m0/s1. The van der Waals surface area contributed by atoms with E-state index in [2.05, 4.69) is 10.0 Å². The molecule has 1 aromatic rings. The largest absolute Gasteiger partial charge is 0.480 e. The van der Waals surface area contributed by atoms with Crippen LogP contribution in [0.3, 0.4) is 0 Å². The fraction of sp³-hybridized carbons (Fsp3) is 0.529. The number of carbonyl (C=O) groups excluding carboxylic acids is 1. The van der Waals surface area contributed by atoms with Crippen LogP contribution in [0.2, 0.25) is 0 Å². The highest BCUT2D eigenvalue weighted by Crippen LogP contribution is 2.27. The van der Waals surface area contributed by atoms with Crippen molar-refractivity contribution in [1.29, 1.82) is 0 Å². The zero-order valence-corrected chi connectivity index (χ0v) is 16.4. The molecule has 0 spiro atoms. The SMILES string of the molecule is CC(C)(C)OC(=O)NCCCC[C@H](NSc1ccccc1[N+](=O)[O-])C(=O)O. The minimum atomic E-state index is -1.04. The molecular formula is C17H25N3O6S. The summed E-state index contributed by atoms with van der Waals surface area (Å²) in [6, 6.07) is 5.25. The normalized spacial score (nSPS) is 12.3. The molecule has 1 aromatic carbocycles. The van der Waals surface area contributed by atoms with Crippen LogP contribution < -0.4 is 10.0 Å². The summed E-state index contributed by atoms with van der Waals surface area (Å²) in [5, 5.41) is 22.9. The van der Waals surface area contributed by atoms with Gasteiger partial charge in [0.25, 0.3) is 5.69 Å². The lowest BCUT2D eigenvalue weighted by molar-refractivity contribution is -0.387. The molecule has 10 heteroatoms. The van der Waals surface area contributed by atoms with Gasteiger partial charge < -0.3 is 15.2 Å². The number of benzene rings is 1. The van der Waals surface area contributed by atoms with Crippen molar-refractivity contribution in [3.8, 4) is 0 Å². The van der Waals surface area contributed by atoms with Crippen LogP contribution in [0.4, 0.5) is 10.5 Å². The third kappa shape index (κ3) is 9.25. The number of carbonyl (C=O) groups is 2. The molecule has 0 aromatic heterocycles. The van der Waals surface area contributed by atoms with E-state index in [0.717, 1.165) is 11.9 Å². The fourth-order valence-corrected chi connectivity index (χ4v) is 2.92. The van der Waals surface area contributed by atoms with Gasteiger partial charge in [-0.25, -0.2) is 9.52 Å². The summed E-state index contributed by atoms with van der Waals surface area (Å²) in [5.74, 6) is -1.04. The Balaban J connectivity index is 2.40. The lowest BCUT2D eigenvalue weighted by atomic mass is 10.1. The predicted molar refractivity (Wildman–Crippen MR) is 102 cm³/mol. The van der Waals surface area contributed by atoms with E-state index in [4.69, 9.17) is 4.74 Å². The first kappa shape index (κ1) is 22.7. The van der Waals surface area contributed by atoms with Crippen molar-refractivity contribution < 1.29 is 24.4 Å². The molecule has 1 amide bonds. The second-order valence-electron chi connectivity index (χ2n) is 6.76. The van der Waals surface area contributed by atoms with Crippen molar-refractivity contribution in [2.45, 2.75) is 56.6 Å². The first-order chi connectivity index (χ1) is 12.6. The van der Waals surface area contributed by atoms with Crippen LogP contribution in [0.5, 0.6) is 0 Å². The van der Waals surface area contributed by atoms with E-state index >= 15 is 0 Å². The molecule has 0 radical (unpaired) electrons. The van der Waals surface area contributed by atoms with Gasteiger partial charge in [0.05, 0.1) is 4.92 Å². The lowest BCUT2D eigenvalue weighted by Gasteiger charge is -2.19. The molecule has 0 unspecified atom stereocenters. The van der Waals surface area contributed by atoms with Gasteiger partial charge in [0.15, 0.2) is 0 Å². The van der Waals surface area contributed by atoms with Gasteiger partial charge in [0, 0.05) is 12.6 Å². The number of unbranched alkanes of at least 4 members (excludes halogenated alkanes) is 1. The van der Waals surface area contributed by atoms with E-state index in [1.54, 1.807) is 39.0 Å². The van der Waals surface area contributed by atoms with Crippen LogP contribution in [0, 0.1) is 10.1 Å². The number of carboxylic acids is 1. The molecular weight excluding hydrogens is 374 g/mol. The molecule has 3 N–H and O–H groups in total. The maximum atomic E-state index is 11.5. The molecule has 0 aliphatic heterocycles. The first-order valence-corrected chi connectivity index (χ1v) is 9.27. The molecule has 9 nitrogen and oxygen atoms in total. The average molecular weight is 399 g/mol. The third-order valence-electron chi connectivity index (χ3n) is 3.26. The number of nitrogens with one attached hydrogen (secondary N) is 2. The van der Waals surface area contributed by atoms with E-state index in [-0.39, 0.29) is 5.69 Å². The summed E-state index contributed by atoms with van der Waals surface area (Å²) < 4.78 is 7.87. The Morgan fingerprint density at radius 3 is 2.56 bits per heavy atom. The van der Waals surface area contributed by atoms with E-state index in [1.165, 1.54) is 6.07 Å². The molecule has 1 atom stereocenters. The molecule has 27 heavy (non-hydrogen) atoms. The Morgan fingerprint density at radius 1 is 1.30 bits per heavy atom. The van der Waals surface area contributed by atoms with Gasteiger partial charge in [-0.15, -0.1) is 0 Å². The average Bonchev–Trinajstić information content (AvgIpc) is 2.55. The smallest absolute Gasteiger partial charge is 0.407 e. The number of hydrogen-bond acceptors (Lipinski definition) is 7. The summed E-state index contributed by atoms with van der Waals surface area (Å²) in [7, 11) is 0. The van der Waals surface area contributed by atoms with Crippen LogP contribution in [0.1, 0.15) is 40.0 Å².